The van der Waals surface area contributed by atoms with Crippen molar-refractivity contribution in [3.05, 3.63) is 143 Å². The van der Waals surface area contributed by atoms with Gasteiger partial charge in [-0.1, -0.05) is 105 Å². The standard InChI is InChI=1S/C43H42N2O6S/c1-26-31-21-14-22-34(49-24-28-15-8-5-9-16-28)35(31)27(2)43(52-30-19-12-7-13-20-30)32(26)23-33-37(45(3)4)38-36(39(46)42(33,48)41(43)47)40(44-51-38)50-25-29-17-10-6-11-18-29/h5-22,26-27,32-33,37,48H,23-25H2,1-4H3/t26-,27+,32-,33-,37-,42+,43-/m0/s1. The Labute approximate surface area is 308 Å². The lowest BCUT2D eigenvalue weighted by molar-refractivity contribution is -0.155. The second-order valence-electron chi connectivity index (χ2n) is 14.5. The number of rotatable bonds is 9. The Morgan fingerprint density at radius 2 is 1.44 bits per heavy atom. The van der Waals surface area contributed by atoms with Crippen LogP contribution in [0.4, 0.5) is 0 Å². The molecule has 3 aliphatic rings. The van der Waals surface area contributed by atoms with Crippen molar-refractivity contribution in [2.45, 2.75) is 66.6 Å². The van der Waals surface area contributed by atoms with E-state index in [1.807, 2.05) is 122 Å². The van der Waals surface area contributed by atoms with Crippen LogP contribution in [0.25, 0.3) is 0 Å². The highest BCUT2D eigenvalue weighted by Crippen LogP contribution is 2.67. The predicted octanol–water partition coefficient (Wildman–Crippen LogP) is 8.02. The second kappa shape index (κ2) is 13.4. The Morgan fingerprint density at radius 3 is 2.08 bits per heavy atom. The van der Waals surface area contributed by atoms with E-state index < -0.39 is 39.8 Å². The molecule has 1 N–H and O–H groups in total. The van der Waals surface area contributed by atoms with Gasteiger partial charge >= 0.3 is 0 Å². The zero-order chi connectivity index (χ0) is 36.2. The second-order valence-corrected chi connectivity index (χ2v) is 15.9. The molecule has 7 atom stereocenters. The summed E-state index contributed by atoms with van der Waals surface area (Å²) in [7, 11) is 3.75. The Hall–Kier alpha value is -4.70. The summed E-state index contributed by atoms with van der Waals surface area (Å²) >= 11 is 1.46. The Bertz CT molecular complexity index is 2100. The summed E-state index contributed by atoms with van der Waals surface area (Å²) in [6, 6.07) is 34.9. The van der Waals surface area contributed by atoms with Crippen molar-refractivity contribution in [3.63, 3.8) is 0 Å². The molecule has 0 spiro atoms. The van der Waals surface area contributed by atoms with Gasteiger partial charge < -0.3 is 19.1 Å². The molecule has 1 heterocycles. The van der Waals surface area contributed by atoms with Gasteiger partial charge in [0.1, 0.15) is 24.5 Å². The van der Waals surface area contributed by atoms with Crippen LogP contribution in [-0.4, -0.2) is 51.2 Å². The van der Waals surface area contributed by atoms with Crippen LogP contribution in [0.3, 0.4) is 0 Å². The molecule has 0 amide bonds. The van der Waals surface area contributed by atoms with Crippen molar-refractivity contribution < 1.29 is 28.7 Å². The average Bonchev–Trinajstić information content (AvgIpc) is 3.59. The first-order valence-corrected chi connectivity index (χ1v) is 18.7. The van der Waals surface area contributed by atoms with Gasteiger partial charge in [0, 0.05) is 22.3 Å². The van der Waals surface area contributed by atoms with E-state index in [9.17, 15) is 9.90 Å². The lowest BCUT2D eigenvalue weighted by Gasteiger charge is -2.60. The van der Waals surface area contributed by atoms with Crippen LogP contribution in [0.2, 0.25) is 0 Å². The quantitative estimate of drug-likeness (QED) is 0.152. The molecule has 5 aromatic rings. The van der Waals surface area contributed by atoms with Gasteiger partial charge in [0.25, 0.3) is 5.88 Å². The Kier molecular flexibility index (Phi) is 8.84. The van der Waals surface area contributed by atoms with Crippen molar-refractivity contribution >= 4 is 23.3 Å². The number of carbonyl (C=O) groups is 2. The first-order chi connectivity index (χ1) is 25.2. The fourth-order valence-corrected chi connectivity index (χ4v) is 10.8. The first kappa shape index (κ1) is 34.4. The van der Waals surface area contributed by atoms with Crippen LogP contribution in [0, 0.1) is 11.8 Å². The highest BCUT2D eigenvalue weighted by molar-refractivity contribution is 8.01. The summed E-state index contributed by atoms with van der Waals surface area (Å²) in [5.74, 6) is -1.76. The van der Waals surface area contributed by atoms with Crippen molar-refractivity contribution in [1.29, 1.82) is 0 Å². The number of fused-ring (bicyclic) bond motifs is 4. The maximum atomic E-state index is 15.9. The van der Waals surface area contributed by atoms with Crippen molar-refractivity contribution in [3.8, 4) is 11.6 Å². The van der Waals surface area contributed by atoms with Crippen LogP contribution in [-0.2, 0) is 18.0 Å². The smallest absolute Gasteiger partial charge is 0.265 e. The van der Waals surface area contributed by atoms with E-state index in [0.717, 1.165) is 27.1 Å². The SMILES string of the molecule is C[C@@H]1c2c(OCc3ccccc3)cccc2[C@H](C)[C@@H]2C[C@H]3[C@H](N(C)C)c4onc(OCc5ccccc5)c4C(=O)[C@@]3(O)C(=O)[C@]12Sc1ccccc1. The molecule has 1 aromatic heterocycles. The van der Waals surface area contributed by atoms with Gasteiger partial charge in [0.2, 0.25) is 5.78 Å². The Morgan fingerprint density at radius 1 is 0.827 bits per heavy atom. The van der Waals surface area contributed by atoms with Gasteiger partial charge in [0.15, 0.2) is 17.1 Å². The summed E-state index contributed by atoms with van der Waals surface area (Å²) in [5.41, 5.74) is 1.63. The van der Waals surface area contributed by atoms with Crippen LogP contribution < -0.4 is 9.47 Å². The molecule has 4 aromatic carbocycles. The van der Waals surface area contributed by atoms with E-state index >= 15 is 4.79 Å². The third-order valence-corrected chi connectivity index (χ3v) is 13.2. The number of thioether (sulfide) groups is 1. The number of ether oxygens (including phenoxy) is 2. The van der Waals surface area contributed by atoms with Crippen molar-refractivity contribution in [1.82, 2.24) is 10.1 Å². The van der Waals surface area contributed by atoms with Gasteiger partial charge in [-0.25, -0.2) is 0 Å². The predicted molar refractivity (Wildman–Crippen MR) is 199 cm³/mol. The number of carbonyl (C=O) groups excluding carboxylic acids is 2. The van der Waals surface area contributed by atoms with Gasteiger partial charge in [-0.2, -0.15) is 0 Å². The van der Waals surface area contributed by atoms with E-state index in [4.69, 9.17) is 14.0 Å². The molecule has 0 saturated heterocycles. The molecule has 0 bridgehead atoms. The fraction of sp³-hybridized carbons (Fsp3) is 0.326. The molecule has 0 unspecified atom stereocenters. The number of aliphatic hydroxyl groups is 1. The molecular formula is C43H42N2O6S. The lowest BCUT2D eigenvalue weighted by atomic mass is 9.50. The molecule has 8 nitrogen and oxygen atoms in total. The highest BCUT2D eigenvalue weighted by atomic mass is 32.2. The summed E-state index contributed by atoms with van der Waals surface area (Å²) in [6.45, 7) is 4.73. The number of benzene rings is 4. The first-order valence-electron chi connectivity index (χ1n) is 17.8. The summed E-state index contributed by atoms with van der Waals surface area (Å²) in [4.78, 5) is 33.6. The zero-order valence-electron chi connectivity index (χ0n) is 29.7. The monoisotopic (exact) mass is 714 g/mol. The zero-order valence-corrected chi connectivity index (χ0v) is 30.5. The fourth-order valence-electron chi connectivity index (χ4n) is 9.07. The van der Waals surface area contributed by atoms with Crippen molar-refractivity contribution in [2.24, 2.45) is 11.8 Å². The number of aromatic nitrogens is 1. The third-order valence-electron chi connectivity index (χ3n) is 11.5. The van der Waals surface area contributed by atoms with E-state index in [-0.39, 0.29) is 29.9 Å². The average molecular weight is 715 g/mol. The van der Waals surface area contributed by atoms with Gasteiger partial charge in [-0.05, 0) is 72.4 Å². The van der Waals surface area contributed by atoms with Crippen LogP contribution in [0.15, 0.2) is 119 Å². The van der Waals surface area contributed by atoms with Gasteiger partial charge in [-0.15, -0.1) is 11.8 Å². The minimum Gasteiger partial charge on any atom is -0.489 e. The van der Waals surface area contributed by atoms with Crippen molar-refractivity contribution in [2.75, 3.05) is 14.1 Å². The topological polar surface area (TPSA) is 102 Å². The molecule has 0 aliphatic heterocycles. The normalized spacial score (nSPS) is 27.7. The minimum atomic E-state index is -2.37. The highest BCUT2D eigenvalue weighted by Gasteiger charge is 2.73. The number of ketones is 2. The number of hydrogen-bond acceptors (Lipinski definition) is 9. The molecule has 52 heavy (non-hydrogen) atoms. The van der Waals surface area contributed by atoms with E-state index in [2.05, 4.69) is 25.1 Å². The minimum absolute atomic E-state index is 0.0192. The molecule has 266 valence electrons. The number of nitrogens with zero attached hydrogens (tertiary/aromatic N) is 2. The van der Waals surface area contributed by atoms with Crippen LogP contribution >= 0.6 is 11.8 Å². The molecule has 8 rings (SSSR count). The molecule has 0 radical (unpaired) electrons. The lowest BCUT2D eigenvalue weighted by Crippen LogP contribution is -2.71. The van der Waals surface area contributed by atoms with Gasteiger partial charge in [0.05, 0.1) is 10.8 Å². The summed E-state index contributed by atoms with van der Waals surface area (Å²) in [6.07, 6.45) is 0.400. The molecule has 3 aliphatic carbocycles. The maximum Gasteiger partial charge on any atom is 0.265 e. The van der Waals surface area contributed by atoms with Crippen LogP contribution in [0.5, 0.6) is 11.6 Å². The molecular weight excluding hydrogens is 673 g/mol. The van der Waals surface area contributed by atoms with E-state index in [1.165, 1.54) is 11.8 Å². The molecule has 9 heteroatoms. The summed E-state index contributed by atoms with van der Waals surface area (Å²) in [5, 5.41) is 17.3. The molecule has 1 fully saturated rings. The van der Waals surface area contributed by atoms with Crippen LogP contribution in [0.1, 0.15) is 76.5 Å². The number of hydrogen-bond donors (Lipinski definition) is 1. The largest absolute Gasteiger partial charge is 0.489 e. The van der Waals surface area contributed by atoms with E-state index in [0.29, 0.717) is 24.5 Å². The van der Waals surface area contributed by atoms with E-state index in [1.54, 1.807) is 0 Å². The summed E-state index contributed by atoms with van der Waals surface area (Å²) < 4.78 is 17.3. The Balaban J connectivity index is 1.27. The maximum absolute atomic E-state index is 15.9. The number of Topliss-reactive ketones (excluding diaryl/α,β-unsaturated/α-hetero) is 2. The molecule has 1 saturated carbocycles. The van der Waals surface area contributed by atoms with Gasteiger partial charge in [-0.3, -0.25) is 14.5 Å². The third kappa shape index (κ3) is 5.32.